The van der Waals surface area contributed by atoms with E-state index in [9.17, 15) is 9.59 Å². The maximum atomic E-state index is 11.3. The Morgan fingerprint density at radius 3 is 2.95 bits per heavy atom. The lowest BCUT2D eigenvalue weighted by molar-refractivity contribution is -0.129. The van der Waals surface area contributed by atoms with E-state index >= 15 is 0 Å². The molecule has 1 aliphatic heterocycles. The fraction of sp³-hybridized carbons (Fsp3) is 0.462. The molecule has 2 rings (SSSR count). The zero-order valence-corrected chi connectivity index (χ0v) is 11.1. The fourth-order valence-corrected chi connectivity index (χ4v) is 2.20. The molecule has 1 aromatic rings. The second-order valence-electron chi connectivity index (χ2n) is 4.68. The van der Waals surface area contributed by atoms with E-state index in [1.807, 2.05) is 4.90 Å². The van der Waals surface area contributed by atoms with Crippen LogP contribution in [0.4, 0.5) is 5.82 Å². The Balaban J connectivity index is 2.10. The van der Waals surface area contributed by atoms with Gasteiger partial charge < -0.3 is 15.5 Å². The topological polar surface area (TPSA) is 79.5 Å². The molecule has 0 bridgehead atoms. The first-order chi connectivity index (χ1) is 8.99. The minimum Gasteiger partial charge on any atom is -0.364 e. The lowest BCUT2D eigenvalue weighted by atomic mass is 10.2. The van der Waals surface area contributed by atoms with Gasteiger partial charge in [-0.3, -0.25) is 9.59 Å². The van der Waals surface area contributed by atoms with Crippen LogP contribution in [0.15, 0.2) is 12.1 Å². The molecule has 19 heavy (non-hydrogen) atoms. The number of aromatic nitrogens is 1. The van der Waals surface area contributed by atoms with Gasteiger partial charge in [0.2, 0.25) is 5.91 Å². The summed E-state index contributed by atoms with van der Waals surface area (Å²) in [5.74, 6) is 0.171. The number of nitrogens with zero attached hydrogens (tertiary/aromatic N) is 3. The summed E-state index contributed by atoms with van der Waals surface area (Å²) in [6.45, 7) is 3.08. The Hall–Kier alpha value is -2.11. The number of rotatable bonds is 3. The molecule has 1 aromatic heterocycles. The first-order valence-corrected chi connectivity index (χ1v) is 6.16. The van der Waals surface area contributed by atoms with E-state index in [4.69, 9.17) is 5.73 Å². The molecular weight excluding hydrogens is 244 g/mol. The average Bonchev–Trinajstić information content (AvgIpc) is 2.87. The van der Waals surface area contributed by atoms with E-state index < -0.39 is 5.91 Å². The average molecular weight is 261 g/mol. The molecule has 1 radical (unpaired) electrons. The van der Waals surface area contributed by atoms with Gasteiger partial charge >= 0.3 is 0 Å². The number of hydrogen-bond acceptors (Lipinski definition) is 4. The summed E-state index contributed by atoms with van der Waals surface area (Å²) in [6.07, 6.45) is 0.891. The van der Waals surface area contributed by atoms with Crippen LogP contribution in [0.2, 0.25) is 0 Å². The number of carbonyl (C=O) groups is 2. The Morgan fingerprint density at radius 2 is 2.32 bits per heavy atom. The molecule has 0 aromatic carbocycles. The first-order valence-electron chi connectivity index (χ1n) is 6.16. The summed E-state index contributed by atoms with van der Waals surface area (Å²) in [7, 11) is 1.80. The lowest BCUT2D eigenvalue weighted by Gasteiger charge is -2.24. The normalized spacial score (nSPS) is 18.4. The van der Waals surface area contributed by atoms with Crippen LogP contribution >= 0.6 is 0 Å². The van der Waals surface area contributed by atoms with Crippen LogP contribution in [-0.4, -0.2) is 47.9 Å². The zero-order valence-electron chi connectivity index (χ0n) is 11.1. The van der Waals surface area contributed by atoms with Crippen LogP contribution in [0.3, 0.4) is 0 Å². The Kier molecular flexibility index (Phi) is 3.69. The van der Waals surface area contributed by atoms with Crippen LogP contribution in [0.5, 0.6) is 0 Å². The number of pyridine rings is 1. The number of hydrogen-bond donors (Lipinski definition) is 1. The van der Waals surface area contributed by atoms with Crippen LogP contribution in [-0.2, 0) is 4.79 Å². The number of likely N-dealkylation sites (N-methyl/N-ethyl adjacent to an activating group) is 1. The minimum atomic E-state index is -0.585. The van der Waals surface area contributed by atoms with Crippen molar-refractivity contribution in [3.63, 3.8) is 0 Å². The monoisotopic (exact) mass is 261 g/mol. The second-order valence-corrected chi connectivity index (χ2v) is 4.68. The summed E-state index contributed by atoms with van der Waals surface area (Å²) in [5.41, 5.74) is 5.33. The van der Waals surface area contributed by atoms with Crippen molar-refractivity contribution in [1.82, 2.24) is 9.88 Å². The predicted molar refractivity (Wildman–Crippen MR) is 70.7 cm³/mol. The van der Waals surface area contributed by atoms with Crippen molar-refractivity contribution < 1.29 is 9.59 Å². The minimum absolute atomic E-state index is 0.0547. The van der Waals surface area contributed by atoms with E-state index in [1.165, 1.54) is 0 Å². The van der Waals surface area contributed by atoms with Gasteiger partial charge in [0, 0.05) is 33.1 Å². The molecule has 2 amide bonds. The number of amides is 2. The molecule has 1 fully saturated rings. The molecule has 2 N–H and O–H groups in total. The van der Waals surface area contributed by atoms with Crippen LogP contribution in [0.25, 0.3) is 0 Å². The molecule has 2 heterocycles. The van der Waals surface area contributed by atoms with Gasteiger partial charge in [-0.05, 0) is 18.6 Å². The molecule has 0 spiro atoms. The molecule has 0 saturated carbocycles. The molecule has 0 unspecified atom stereocenters. The van der Waals surface area contributed by atoms with Crippen molar-refractivity contribution >= 4 is 17.6 Å². The van der Waals surface area contributed by atoms with Crippen LogP contribution < -0.4 is 10.6 Å². The highest BCUT2D eigenvalue weighted by molar-refractivity contribution is 5.90. The third-order valence-electron chi connectivity index (χ3n) is 3.44. The molecule has 1 atom stereocenters. The molecule has 6 heteroatoms. The Labute approximate surface area is 112 Å². The van der Waals surface area contributed by atoms with Gasteiger partial charge in [-0.25, -0.2) is 4.98 Å². The van der Waals surface area contributed by atoms with Gasteiger partial charge in [0.1, 0.15) is 11.5 Å². The third-order valence-corrected chi connectivity index (χ3v) is 3.44. The zero-order chi connectivity index (χ0) is 14.0. The van der Waals surface area contributed by atoms with Gasteiger partial charge in [0.05, 0.1) is 6.04 Å². The van der Waals surface area contributed by atoms with E-state index in [0.717, 1.165) is 13.0 Å². The third kappa shape index (κ3) is 2.83. The van der Waals surface area contributed by atoms with E-state index in [1.54, 1.807) is 31.0 Å². The maximum absolute atomic E-state index is 11.3. The number of nitrogens with two attached hydrogens (primary N) is 1. The Bertz CT molecular complexity index is 503. The smallest absolute Gasteiger partial charge is 0.268 e. The standard InChI is InChI=1S/C13H17N4O2/c1-9(18)16(2)10-6-7-17(8-10)12-5-3-4-11(15-12)13(14)19/h3,5,10H,6-8H2,1-2H3,(H2,14,19)/t10-/m1/s1. The molecule has 101 valence electrons. The molecule has 6 nitrogen and oxygen atoms in total. The summed E-state index contributed by atoms with van der Waals surface area (Å²) < 4.78 is 0. The van der Waals surface area contributed by atoms with Crippen molar-refractivity contribution in [2.45, 2.75) is 19.4 Å². The van der Waals surface area contributed by atoms with Crippen molar-refractivity contribution in [1.29, 1.82) is 0 Å². The molecular formula is C13H17N4O2. The maximum Gasteiger partial charge on any atom is 0.268 e. The van der Waals surface area contributed by atoms with E-state index in [0.29, 0.717) is 12.4 Å². The van der Waals surface area contributed by atoms with Gasteiger partial charge in [-0.1, -0.05) is 0 Å². The quantitative estimate of drug-likeness (QED) is 0.833. The molecule has 1 saturated heterocycles. The van der Waals surface area contributed by atoms with Crippen molar-refractivity contribution in [3.05, 3.63) is 23.9 Å². The molecule has 0 aliphatic carbocycles. The van der Waals surface area contributed by atoms with Gasteiger partial charge in [0.15, 0.2) is 0 Å². The largest absolute Gasteiger partial charge is 0.364 e. The van der Waals surface area contributed by atoms with Crippen molar-refractivity contribution in [3.8, 4) is 0 Å². The van der Waals surface area contributed by atoms with Gasteiger partial charge in [0.25, 0.3) is 5.91 Å². The first kappa shape index (κ1) is 13.3. The number of anilines is 1. The number of primary amides is 1. The lowest BCUT2D eigenvalue weighted by Crippen LogP contribution is -2.37. The fourth-order valence-electron chi connectivity index (χ4n) is 2.20. The summed E-state index contributed by atoms with van der Waals surface area (Å²) in [4.78, 5) is 30.4. The second kappa shape index (κ2) is 5.26. The highest BCUT2D eigenvalue weighted by Crippen LogP contribution is 2.20. The van der Waals surface area contributed by atoms with Gasteiger partial charge in [-0.2, -0.15) is 0 Å². The Morgan fingerprint density at radius 1 is 1.58 bits per heavy atom. The highest BCUT2D eigenvalue weighted by atomic mass is 16.2. The predicted octanol–water partition coefficient (Wildman–Crippen LogP) is 0.0377. The van der Waals surface area contributed by atoms with Crippen LogP contribution in [0, 0.1) is 6.07 Å². The molecule has 1 aliphatic rings. The van der Waals surface area contributed by atoms with E-state index in [-0.39, 0.29) is 17.6 Å². The summed E-state index contributed by atoms with van der Waals surface area (Å²) in [6, 6.07) is 6.33. The van der Waals surface area contributed by atoms with Crippen molar-refractivity contribution in [2.24, 2.45) is 5.73 Å². The summed E-state index contributed by atoms with van der Waals surface area (Å²) >= 11 is 0. The van der Waals surface area contributed by atoms with E-state index in [2.05, 4.69) is 11.1 Å². The van der Waals surface area contributed by atoms with Crippen LogP contribution in [0.1, 0.15) is 23.8 Å². The van der Waals surface area contributed by atoms with Gasteiger partial charge in [-0.15, -0.1) is 0 Å². The van der Waals surface area contributed by atoms with Crippen molar-refractivity contribution in [2.75, 3.05) is 25.0 Å². The summed E-state index contributed by atoms with van der Waals surface area (Å²) in [5, 5.41) is 0. The highest BCUT2D eigenvalue weighted by Gasteiger charge is 2.27. The SMILES string of the molecule is CC(=O)N(C)[C@@H]1CCN(c2cc[c]c(C(N)=O)n2)C1. The number of carbonyl (C=O) groups excluding carboxylic acids is 2.